The molecule has 2 nitrogen and oxygen atoms in total. The largest absolute Gasteiger partial charge is 0.498 e. The van der Waals surface area contributed by atoms with E-state index in [1.165, 1.54) is 11.3 Å². The van der Waals surface area contributed by atoms with E-state index >= 15 is 0 Å². The molecule has 0 atom stereocenters. The van der Waals surface area contributed by atoms with E-state index in [9.17, 15) is 5.11 Å². The summed E-state index contributed by atoms with van der Waals surface area (Å²) in [5.41, 5.74) is 1.75. The van der Waals surface area contributed by atoms with Gasteiger partial charge in [-0.05, 0) is 6.92 Å². The SMILES string of the molecule is Cc1nc(-c2ccccc2)sc1O. The third-order valence-corrected chi connectivity index (χ3v) is 2.80. The highest BCUT2D eigenvalue weighted by Gasteiger charge is 2.06. The van der Waals surface area contributed by atoms with E-state index in [4.69, 9.17) is 0 Å². The lowest BCUT2D eigenvalue weighted by Gasteiger charge is -1.92. The number of thiazole rings is 1. The van der Waals surface area contributed by atoms with Crippen molar-refractivity contribution in [3.8, 4) is 15.6 Å². The first kappa shape index (κ1) is 8.26. The quantitative estimate of drug-likeness (QED) is 0.751. The van der Waals surface area contributed by atoms with E-state index in [0.29, 0.717) is 10.8 Å². The Morgan fingerprint density at radius 1 is 1.23 bits per heavy atom. The first-order chi connectivity index (χ1) is 6.27. The summed E-state index contributed by atoms with van der Waals surface area (Å²) < 4.78 is 0. The Balaban J connectivity index is 2.48. The number of benzene rings is 1. The predicted octanol–water partition coefficient (Wildman–Crippen LogP) is 2.82. The number of hydrogen-bond acceptors (Lipinski definition) is 3. The second-order valence-corrected chi connectivity index (χ2v) is 3.75. The standard InChI is InChI=1S/C10H9NOS/c1-7-10(12)13-9(11-7)8-5-3-2-4-6-8/h2-6,12H,1H3. The Kier molecular flexibility index (Phi) is 2.02. The molecule has 13 heavy (non-hydrogen) atoms. The summed E-state index contributed by atoms with van der Waals surface area (Å²) in [6.45, 7) is 1.80. The lowest BCUT2D eigenvalue weighted by molar-refractivity contribution is 0.485. The highest BCUT2D eigenvalue weighted by Crippen LogP contribution is 2.31. The summed E-state index contributed by atoms with van der Waals surface area (Å²) in [5.74, 6) is 0. The number of rotatable bonds is 1. The monoisotopic (exact) mass is 191 g/mol. The summed E-state index contributed by atoms with van der Waals surface area (Å²) in [4.78, 5) is 4.25. The highest BCUT2D eigenvalue weighted by atomic mass is 32.1. The number of aromatic nitrogens is 1. The second kappa shape index (κ2) is 3.18. The van der Waals surface area contributed by atoms with Crippen molar-refractivity contribution in [2.75, 3.05) is 0 Å². The molecule has 0 aliphatic carbocycles. The van der Waals surface area contributed by atoms with Crippen LogP contribution >= 0.6 is 11.3 Å². The van der Waals surface area contributed by atoms with Crippen LogP contribution in [0, 0.1) is 6.92 Å². The minimum absolute atomic E-state index is 0.304. The van der Waals surface area contributed by atoms with Crippen LogP contribution < -0.4 is 0 Å². The fourth-order valence-corrected chi connectivity index (χ4v) is 1.91. The van der Waals surface area contributed by atoms with Gasteiger partial charge in [0.2, 0.25) is 0 Å². The maximum absolute atomic E-state index is 9.36. The molecule has 1 N–H and O–H groups in total. The van der Waals surface area contributed by atoms with Gasteiger partial charge in [-0.1, -0.05) is 41.7 Å². The Morgan fingerprint density at radius 2 is 1.92 bits per heavy atom. The molecule has 0 fully saturated rings. The van der Waals surface area contributed by atoms with Gasteiger partial charge in [0.15, 0.2) is 5.06 Å². The lowest BCUT2D eigenvalue weighted by Crippen LogP contribution is -1.75. The fraction of sp³-hybridized carbons (Fsp3) is 0.100. The van der Waals surface area contributed by atoms with Gasteiger partial charge in [0.05, 0.1) is 5.69 Å². The number of hydrogen-bond donors (Lipinski definition) is 1. The van der Waals surface area contributed by atoms with E-state index in [-0.39, 0.29) is 0 Å². The van der Waals surface area contributed by atoms with Gasteiger partial charge in [-0.15, -0.1) is 0 Å². The van der Waals surface area contributed by atoms with Crippen LogP contribution in [-0.2, 0) is 0 Å². The Hall–Kier alpha value is -1.35. The third kappa shape index (κ3) is 1.55. The van der Waals surface area contributed by atoms with E-state index in [2.05, 4.69) is 4.98 Å². The van der Waals surface area contributed by atoms with Crippen molar-refractivity contribution < 1.29 is 5.11 Å². The van der Waals surface area contributed by atoms with Crippen LogP contribution in [0.2, 0.25) is 0 Å². The van der Waals surface area contributed by atoms with Gasteiger partial charge in [-0.25, -0.2) is 4.98 Å². The Labute approximate surface area is 80.5 Å². The molecule has 0 aliphatic heterocycles. The van der Waals surface area contributed by atoms with Crippen LogP contribution in [0.15, 0.2) is 30.3 Å². The van der Waals surface area contributed by atoms with Crippen molar-refractivity contribution in [3.63, 3.8) is 0 Å². The van der Waals surface area contributed by atoms with Crippen molar-refractivity contribution in [2.24, 2.45) is 0 Å². The zero-order chi connectivity index (χ0) is 9.26. The molecule has 0 spiro atoms. The van der Waals surface area contributed by atoms with Crippen molar-refractivity contribution in [2.45, 2.75) is 6.92 Å². The smallest absolute Gasteiger partial charge is 0.195 e. The zero-order valence-corrected chi connectivity index (χ0v) is 8.01. The van der Waals surface area contributed by atoms with Crippen LogP contribution in [0.1, 0.15) is 5.69 Å². The number of aryl methyl sites for hydroxylation is 1. The molecule has 1 aromatic carbocycles. The molecule has 0 unspecified atom stereocenters. The molecule has 0 amide bonds. The second-order valence-electron chi connectivity index (χ2n) is 2.78. The molecule has 0 bridgehead atoms. The van der Waals surface area contributed by atoms with Gasteiger partial charge >= 0.3 is 0 Å². The summed E-state index contributed by atoms with van der Waals surface area (Å²) in [5, 5.41) is 10.5. The van der Waals surface area contributed by atoms with Gasteiger partial charge in [-0.2, -0.15) is 0 Å². The van der Waals surface area contributed by atoms with Crippen LogP contribution in [-0.4, -0.2) is 10.1 Å². The summed E-state index contributed by atoms with van der Waals surface area (Å²) in [6.07, 6.45) is 0. The van der Waals surface area contributed by atoms with E-state index in [0.717, 1.165) is 10.6 Å². The zero-order valence-electron chi connectivity index (χ0n) is 7.19. The fourth-order valence-electron chi connectivity index (χ4n) is 1.09. The van der Waals surface area contributed by atoms with E-state index in [1.807, 2.05) is 30.3 Å². The first-order valence-electron chi connectivity index (χ1n) is 3.99. The molecule has 0 saturated heterocycles. The maximum Gasteiger partial charge on any atom is 0.195 e. The number of aromatic hydroxyl groups is 1. The van der Waals surface area contributed by atoms with Crippen LogP contribution in [0.5, 0.6) is 5.06 Å². The third-order valence-electron chi connectivity index (χ3n) is 1.79. The molecule has 66 valence electrons. The minimum atomic E-state index is 0.304. The normalized spacial score (nSPS) is 10.2. The average molecular weight is 191 g/mol. The average Bonchev–Trinajstić information content (AvgIpc) is 2.49. The molecular weight excluding hydrogens is 182 g/mol. The molecule has 0 saturated carbocycles. The van der Waals surface area contributed by atoms with Gasteiger partial charge < -0.3 is 5.11 Å². The summed E-state index contributed by atoms with van der Waals surface area (Å²) >= 11 is 1.31. The Bertz CT molecular complexity index is 389. The summed E-state index contributed by atoms with van der Waals surface area (Å²) in [7, 11) is 0. The number of nitrogens with zero attached hydrogens (tertiary/aromatic N) is 1. The first-order valence-corrected chi connectivity index (χ1v) is 4.81. The maximum atomic E-state index is 9.36. The molecule has 2 rings (SSSR count). The Morgan fingerprint density at radius 3 is 2.46 bits per heavy atom. The topological polar surface area (TPSA) is 33.1 Å². The van der Waals surface area contributed by atoms with Gasteiger partial charge in [0.25, 0.3) is 0 Å². The lowest BCUT2D eigenvalue weighted by atomic mass is 10.2. The van der Waals surface area contributed by atoms with E-state index in [1.54, 1.807) is 6.92 Å². The highest BCUT2D eigenvalue weighted by molar-refractivity contribution is 7.16. The van der Waals surface area contributed by atoms with Gasteiger partial charge in [0.1, 0.15) is 5.01 Å². The van der Waals surface area contributed by atoms with Crippen molar-refractivity contribution in [1.82, 2.24) is 4.98 Å². The van der Waals surface area contributed by atoms with Gasteiger partial charge in [0, 0.05) is 5.56 Å². The molecular formula is C10H9NOS. The van der Waals surface area contributed by atoms with Crippen LogP contribution in [0.25, 0.3) is 10.6 Å². The van der Waals surface area contributed by atoms with Crippen molar-refractivity contribution in [3.05, 3.63) is 36.0 Å². The predicted molar refractivity (Wildman–Crippen MR) is 54.0 cm³/mol. The molecule has 0 radical (unpaired) electrons. The van der Waals surface area contributed by atoms with Crippen molar-refractivity contribution in [1.29, 1.82) is 0 Å². The van der Waals surface area contributed by atoms with Crippen molar-refractivity contribution >= 4 is 11.3 Å². The molecule has 3 heteroatoms. The van der Waals surface area contributed by atoms with Crippen LogP contribution in [0.4, 0.5) is 0 Å². The van der Waals surface area contributed by atoms with Crippen LogP contribution in [0.3, 0.4) is 0 Å². The summed E-state index contributed by atoms with van der Waals surface area (Å²) in [6, 6.07) is 9.85. The molecule has 1 heterocycles. The molecule has 0 aliphatic rings. The molecule has 2 aromatic rings. The van der Waals surface area contributed by atoms with Gasteiger partial charge in [-0.3, -0.25) is 0 Å². The minimum Gasteiger partial charge on any atom is -0.498 e. The molecule has 1 aromatic heterocycles. The van der Waals surface area contributed by atoms with E-state index < -0.39 is 0 Å².